The molecule has 5 nitrogen and oxygen atoms in total. The Morgan fingerprint density at radius 2 is 1.84 bits per heavy atom. The zero-order chi connectivity index (χ0) is 14.8. The van der Waals surface area contributed by atoms with Crippen LogP contribution in [-0.4, -0.2) is 59.1 Å². The minimum Gasteiger partial charge on any atom is -0.480 e. The summed E-state index contributed by atoms with van der Waals surface area (Å²) in [5, 5.41) is 11.5. The number of carboxylic acid groups (broad SMARTS) is 1. The summed E-state index contributed by atoms with van der Waals surface area (Å²) in [5.41, 5.74) is 0. The second-order valence-electron chi connectivity index (χ2n) is 4.71. The van der Waals surface area contributed by atoms with Crippen molar-refractivity contribution in [3.63, 3.8) is 0 Å². The molecule has 0 spiro atoms. The molecule has 0 unspecified atom stereocenters. The van der Waals surface area contributed by atoms with E-state index in [1.165, 1.54) is 11.8 Å². The molecule has 0 fully saturated rings. The minimum absolute atomic E-state index is 0.109. The van der Waals surface area contributed by atoms with E-state index in [1.54, 1.807) is 13.8 Å². The normalized spacial score (nSPS) is 12.7. The number of carboxylic acids is 1. The average Bonchev–Trinajstić information content (AvgIpc) is 2.35. The van der Waals surface area contributed by atoms with Crippen molar-refractivity contribution >= 4 is 23.6 Å². The van der Waals surface area contributed by atoms with Gasteiger partial charge in [0.05, 0.1) is 5.75 Å². The highest BCUT2D eigenvalue weighted by molar-refractivity contribution is 7.99. The maximum atomic E-state index is 11.6. The lowest BCUT2D eigenvalue weighted by Crippen LogP contribution is -2.45. The fourth-order valence-electron chi connectivity index (χ4n) is 1.63. The van der Waals surface area contributed by atoms with Gasteiger partial charge in [0, 0.05) is 12.3 Å². The lowest BCUT2D eigenvalue weighted by Gasteiger charge is -2.19. The molecule has 0 aromatic carbocycles. The summed E-state index contributed by atoms with van der Waals surface area (Å²) in [5.74, 6) is -0.0870. The molecule has 0 aliphatic rings. The van der Waals surface area contributed by atoms with Gasteiger partial charge in [-0.2, -0.15) is 11.8 Å². The Morgan fingerprint density at radius 1 is 1.26 bits per heavy atom. The molecule has 0 aromatic heterocycles. The molecule has 0 aliphatic carbocycles. The second-order valence-corrected chi connectivity index (χ2v) is 5.81. The van der Waals surface area contributed by atoms with E-state index in [0.29, 0.717) is 5.75 Å². The fourth-order valence-corrected chi connectivity index (χ4v) is 2.43. The number of amides is 1. The van der Waals surface area contributed by atoms with Gasteiger partial charge >= 0.3 is 5.97 Å². The molecule has 0 saturated carbocycles. The van der Waals surface area contributed by atoms with E-state index in [2.05, 4.69) is 24.1 Å². The van der Waals surface area contributed by atoms with Crippen LogP contribution in [-0.2, 0) is 9.59 Å². The van der Waals surface area contributed by atoms with Crippen molar-refractivity contribution in [2.24, 2.45) is 5.92 Å². The molecule has 1 atom stereocenters. The van der Waals surface area contributed by atoms with Crippen molar-refractivity contribution in [1.29, 1.82) is 0 Å². The maximum Gasteiger partial charge on any atom is 0.326 e. The highest BCUT2D eigenvalue weighted by Gasteiger charge is 2.22. The topological polar surface area (TPSA) is 69.6 Å². The Morgan fingerprint density at radius 3 is 2.26 bits per heavy atom. The molecule has 0 rings (SSSR count). The number of nitrogens with one attached hydrogen (secondary N) is 1. The summed E-state index contributed by atoms with van der Waals surface area (Å²) in [6, 6.07) is -0.795. The molecule has 0 heterocycles. The zero-order valence-electron chi connectivity index (χ0n) is 12.3. The van der Waals surface area contributed by atoms with Gasteiger partial charge in [-0.1, -0.05) is 27.7 Å². The number of nitrogens with zero attached hydrogens (tertiary/aromatic N) is 1. The molecule has 0 saturated heterocycles. The Kier molecular flexibility index (Phi) is 9.69. The van der Waals surface area contributed by atoms with Crippen molar-refractivity contribution in [3.05, 3.63) is 0 Å². The summed E-state index contributed by atoms with van der Waals surface area (Å²) in [6.45, 7) is 10.8. The number of aliphatic carboxylic acids is 1. The third kappa shape index (κ3) is 8.10. The summed E-state index contributed by atoms with van der Waals surface area (Å²) in [6.07, 6.45) is 0. The van der Waals surface area contributed by atoms with E-state index in [1.807, 2.05) is 0 Å². The Balaban J connectivity index is 3.89. The second kappa shape index (κ2) is 10.1. The summed E-state index contributed by atoms with van der Waals surface area (Å²) >= 11 is 1.54. The third-order valence-electron chi connectivity index (χ3n) is 2.93. The van der Waals surface area contributed by atoms with Crippen LogP contribution in [0.15, 0.2) is 0 Å². The summed E-state index contributed by atoms with van der Waals surface area (Å²) in [7, 11) is 0. The van der Waals surface area contributed by atoms with Crippen LogP contribution in [0.2, 0.25) is 0 Å². The Bertz CT molecular complexity index is 281. The molecule has 6 heteroatoms. The standard InChI is InChI=1S/C13H26N2O3S/c1-5-15(6-2)7-8-19-9-11(16)14-12(10(3)4)13(17)18/h10,12H,5-9H2,1-4H3,(H,14,16)(H,17,18)/t12-/m1/s1. The highest BCUT2D eigenvalue weighted by Crippen LogP contribution is 2.04. The number of hydrogen-bond donors (Lipinski definition) is 2. The van der Waals surface area contributed by atoms with Gasteiger partial charge in [-0.25, -0.2) is 4.79 Å². The molecular formula is C13H26N2O3S. The van der Waals surface area contributed by atoms with Crippen LogP contribution in [0, 0.1) is 5.92 Å². The predicted molar refractivity (Wildman–Crippen MR) is 79.5 cm³/mol. The number of carbonyl (C=O) groups excluding carboxylic acids is 1. The number of hydrogen-bond acceptors (Lipinski definition) is 4. The van der Waals surface area contributed by atoms with Gasteiger partial charge in [0.15, 0.2) is 0 Å². The van der Waals surface area contributed by atoms with Crippen molar-refractivity contribution in [3.8, 4) is 0 Å². The minimum atomic E-state index is -0.975. The molecule has 0 aromatic rings. The SMILES string of the molecule is CCN(CC)CCSCC(=O)N[C@@H](C(=O)O)C(C)C. The first-order valence-corrected chi connectivity index (χ1v) is 7.90. The van der Waals surface area contributed by atoms with Gasteiger partial charge in [-0.15, -0.1) is 0 Å². The largest absolute Gasteiger partial charge is 0.480 e. The molecule has 112 valence electrons. The van der Waals surface area contributed by atoms with Gasteiger partial charge in [-0.05, 0) is 19.0 Å². The van der Waals surface area contributed by atoms with Gasteiger partial charge in [0.25, 0.3) is 0 Å². The average molecular weight is 290 g/mol. The van der Waals surface area contributed by atoms with E-state index >= 15 is 0 Å². The van der Waals surface area contributed by atoms with E-state index in [-0.39, 0.29) is 11.8 Å². The predicted octanol–water partition coefficient (Wildman–Crippen LogP) is 1.29. The van der Waals surface area contributed by atoms with Gasteiger partial charge in [-0.3, -0.25) is 4.79 Å². The molecular weight excluding hydrogens is 264 g/mol. The lowest BCUT2D eigenvalue weighted by atomic mass is 10.1. The smallest absolute Gasteiger partial charge is 0.326 e. The molecule has 0 bridgehead atoms. The molecule has 2 N–H and O–H groups in total. The van der Waals surface area contributed by atoms with Gasteiger partial charge in [0.2, 0.25) is 5.91 Å². The van der Waals surface area contributed by atoms with Crippen LogP contribution in [0.4, 0.5) is 0 Å². The Labute approximate surface area is 120 Å². The monoisotopic (exact) mass is 290 g/mol. The number of carbonyl (C=O) groups is 2. The van der Waals surface area contributed by atoms with Crippen LogP contribution < -0.4 is 5.32 Å². The van der Waals surface area contributed by atoms with Gasteiger partial charge in [0.1, 0.15) is 6.04 Å². The zero-order valence-corrected chi connectivity index (χ0v) is 13.1. The van der Waals surface area contributed by atoms with Crippen LogP contribution >= 0.6 is 11.8 Å². The van der Waals surface area contributed by atoms with Crippen molar-refractivity contribution in [1.82, 2.24) is 10.2 Å². The molecule has 0 radical (unpaired) electrons. The Hall–Kier alpha value is -0.750. The van der Waals surface area contributed by atoms with Crippen LogP contribution in [0.5, 0.6) is 0 Å². The molecule has 0 aliphatic heterocycles. The van der Waals surface area contributed by atoms with Crippen LogP contribution in [0.1, 0.15) is 27.7 Å². The van der Waals surface area contributed by atoms with Crippen molar-refractivity contribution < 1.29 is 14.7 Å². The maximum absolute atomic E-state index is 11.6. The van der Waals surface area contributed by atoms with E-state index < -0.39 is 12.0 Å². The number of thioether (sulfide) groups is 1. The first kappa shape index (κ1) is 18.2. The first-order chi connectivity index (χ1) is 8.92. The van der Waals surface area contributed by atoms with E-state index in [9.17, 15) is 9.59 Å². The van der Waals surface area contributed by atoms with E-state index in [0.717, 1.165) is 25.4 Å². The summed E-state index contributed by atoms with van der Waals surface area (Å²) in [4.78, 5) is 24.9. The van der Waals surface area contributed by atoms with Gasteiger partial charge < -0.3 is 15.3 Å². The summed E-state index contributed by atoms with van der Waals surface area (Å²) < 4.78 is 0. The molecule has 19 heavy (non-hydrogen) atoms. The fraction of sp³-hybridized carbons (Fsp3) is 0.846. The number of rotatable bonds is 10. The van der Waals surface area contributed by atoms with Crippen molar-refractivity contribution in [2.45, 2.75) is 33.7 Å². The first-order valence-electron chi connectivity index (χ1n) is 6.74. The highest BCUT2D eigenvalue weighted by atomic mass is 32.2. The quantitative estimate of drug-likeness (QED) is 0.593. The van der Waals surface area contributed by atoms with Crippen LogP contribution in [0.3, 0.4) is 0 Å². The van der Waals surface area contributed by atoms with Crippen LogP contribution in [0.25, 0.3) is 0 Å². The third-order valence-corrected chi connectivity index (χ3v) is 3.87. The lowest BCUT2D eigenvalue weighted by molar-refractivity contribution is -0.142. The molecule has 1 amide bonds. The van der Waals surface area contributed by atoms with Crippen molar-refractivity contribution in [2.75, 3.05) is 31.1 Å². The van der Waals surface area contributed by atoms with E-state index in [4.69, 9.17) is 5.11 Å².